The van der Waals surface area contributed by atoms with Crippen molar-refractivity contribution in [1.82, 2.24) is 19.9 Å². The van der Waals surface area contributed by atoms with E-state index in [9.17, 15) is 0 Å². The fraction of sp³-hybridized carbons (Fsp3) is 0.333. The minimum Gasteiger partial charge on any atom is -0.361 e. The average molecular weight is 305 g/mol. The Morgan fingerprint density at radius 3 is 2.78 bits per heavy atom. The first kappa shape index (κ1) is 13.1. The summed E-state index contributed by atoms with van der Waals surface area (Å²) in [5, 5.41) is 1.19. The SMILES string of the molecule is CN1C[C@@H]2C[C@H]1CN2c1cnc(-c2cccc3[nH]ccc23)cn1. The highest BCUT2D eigenvalue weighted by Gasteiger charge is 2.41. The molecule has 5 nitrogen and oxygen atoms in total. The number of nitrogens with one attached hydrogen (secondary N) is 1. The van der Waals surface area contributed by atoms with Crippen molar-refractivity contribution in [3.05, 3.63) is 42.9 Å². The quantitative estimate of drug-likeness (QED) is 0.790. The van der Waals surface area contributed by atoms with Gasteiger partial charge in [0.1, 0.15) is 5.82 Å². The molecule has 0 spiro atoms. The van der Waals surface area contributed by atoms with Crippen LogP contribution in [0, 0.1) is 0 Å². The van der Waals surface area contributed by atoms with E-state index in [4.69, 9.17) is 9.97 Å². The number of likely N-dealkylation sites (N-methyl/N-ethyl adjacent to an activating group) is 1. The van der Waals surface area contributed by atoms with Crippen LogP contribution >= 0.6 is 0 Å². The highest BCUT2D eigenvalue weighted by molar-refractivity contribution is 5.93. The Balaban J connectivity index is 1.47. The molecule has 116 valence electrons. The average Bonchev–Trinajstić information content (AvgIpc) is 3.29. The minimum absolute atomic E-state index is 0.596. The third-order valence-electron chi connectivity index (χ3n) is 5.32. The van der Waals surface area contributed by atoms with E-state index in [0.29, 0.717) is 12.1 Å². The van der Waals surface area contributed by atoms with Crippen LogP contribution in [-0.2, 0) is 0 Å². The lowest BCUT2D eigenvalue weighted by Crippen LogP contribution is -2.44. The molecule has 2 aromatic heterocycles. The smallest absolute Gasteiger partial charge is 0.147 e. The van der Waals surface area contributed by atoms with Gasteiger partial charge in [0, 0.05) is 47.8 Å². The molecule has 2 saturated heterocycles. The van der Waals surface area contributed by atoms with Crippen LogP contribution < -0.4 is 4.90 Å². The monoisotopic (exact) mass is 305 g/mol. The van der Waals surface area contributed by atoms with Crippen LogP contribution in [-0.4, -0.2) is 52.1 Å². The number of anilines is 1. The molecule has 0 saturated carbocycles. The molecule has 5 rings (SSSR count). The van der Waals surface area contributed by atoms with Gasteiger partial charge in [-0.15, -0.1) is 0 Å². The zero-order valence-electron chi connectivity index (χ0n) is 13.1. The molecule has 0 amide bonds. The van der Waals surface area contributed by atoms with Crippen molar-refractivity contribution in [2.45, 2.75) is 18.5 Å². The Kier molecular flexibility index (Phi) is 2.73. The van der Waals surface area contributed by atoms with Crippen molar-refractivity contribution in [2.75, 3.05) is 25.0 Å². The molecule has 4 heterocycles. The molecule has 0 unspecified atom stereocenters. The topological polar surface area (TPSA) is 48.0 Å². The highest BCUT2D eigenvalue weighted by atomic mass is 15.4. The van der Waals surface area contributed by atoms with E-state index < -0.39 is 0 Å². The van der Waals surface area contributed by atoms with Crippen LogP contribution in [0.15, 0.2) is 42.9 Å². The third kappa shape index (κ3) is 1.96. The number of benzene rings is 1. The molecule has 2 bridgehead atoms. The summed E-state index contributed by atoms with van der Waals surface area (Å²) in [5.74, 6) is 1.01. The summed E-state index contributed by atoms with van der Waals surface area (Å²) in [5.41, 5.74) is 3.19. The largest absolute Gasteiger partial charge is 0.361 e. The molecule has 2 aliphatic heterocycles. The summed E-state index contributed by atoms with van der Waals surface area (Å²) in [6.45, 7) is 2.21. The lowest BCUT2D eigenvalue weighted by atomic mass is 10.1. The van der Waals surface area contributed by atoms with Gasteiger partial charge < -0.3 is 9.88 Å². The Hall–Kier alpha value is -2.40. The fourth-order valence-electron chi connectivity index (χ4n) is 4.06. The van der Waals surface area contributed by atoms with Crippen molar-refractivity contribution >= 4 is 16.7 Å². The molecule has 2 atom stereocenters. The van der Waals surface area contributed by atoms with E-state index in [1.54, 1.807) is 0 Å². The summed E-state index contributed by atoms with van der Waals surface area (Å²) in [6.07, 6.45) is 7.06. The maximum Gasteiger partial charge on any atom is 0.147 e. The number of aromatic nitrogens is 3. The predicted octanol–water partition coefficient (Wildman–Crippen LogP) is 2.52. The second kappa shape index (κ2) is 4.80. The number of aromatic amines is 1. The second-order valence-corrected chi connectivity index (χ2v) is 6.64. The Morgan fingerprint density at radius 2 is 2.04 bits per heavy atom. The standard InChI is InChI=1S/C18H19N5/c1-22-10-13-7-12(22)11-23(13)18-9-20-17(8-21-18)14-3-2-4-16-15(14)5-6-19-16/h2-6,8-9,12-13,19H,7,10-11H2,1H3/t12-,13-/m0/s1. The Labute approximate surface area is 135 Å². The van der Waals surface area contributed by atoms with Gasteiger partial charge in [0.25, 0.3) is 0 Å². The van der Waals surface area contributed by atoms with Crippen LogP contribution in [0.25, 0.3) is 22.2 Å². The first-order valence-electron chi connectivity index (χ1n) is 8.15. The van der Waals surface area contributed by atoms with Crippen LogP contribution in [0.3, 0.4) is 0 Å². The summed E-state index contributed by atoms with van der Waals surface area (Å²) < 4.78 is 0. The molecule has 1 N–H and O–H groups in total. The van der Waals surface area contributed by atoms with Gasteiger partial charge in [0.2, 0.25) is 0 Å². The van der Waals surface area contributed by atoms with Crippen LogP contribution in [0.5, 0.6) is 0 Å². The maximum atomic E-state index is 4.71. The van der Waals surface area contributed by atoms with Gasteiger partial charge in [0.05, 0.1) is 18.1 Å². The van der Waals surface area contributed by atoms with Gasteiger partial charge in [-0.1, -0.05) is 12.1 Å². The van der Waals surface area contributed by atoms with E-state index in [1.807, 2.05) is 18.6 Å². The van der Waals surface area contributed by atoms with E-state index >= 15 is 0 Å². The molecular weight excluding hydrogens is 286 g/mol. The zero-order valence-corrected chi connectivity index (χ0v) is 13.1. The normalized spacial score (nSPS) is 24.0. The summed E-state index contributed by atoms with van der Waals surface area (Å²) in [7, 11) is 2.22. The van der Waals surface area contributed by atoms with Gasteiger partial charge >= 0.3 is 0 Å². The first-order chi connectivity index (χ1) is 11.3. The van der Waals surface area contributed by atoms with Crippen molar-refractivity contribution in [3.8, 4) is 11.3 Å². The van der Waals surface area contributed by atoms with Crippen molar-refractivity contribution in [1.29, 1.82) is 0 Å². The van der Waals surface area contributed by atoms with Gasteiger partial charge in [-0.2, -0.15) is 0 Å². The zero-order chi connectivity index (χ0) is 15.4. The number of nitrogens with zero attached hydrogens (tertiary/aromatic N) is 4. The van der Waals surface area contributed by atoms with Crippen LogP contribution in [0.1, 0.15) is 6.42 Å². The molecule has 2 fully saturated rings. The van der Waals surface area contributed by atoms with Crippen LogP contribution in [0.2, 0.25) is 0 Å². The summed E-state index contributed by atoms with van der Waals surface area (Å²) >= 11 is 0. The maximum absolute atomic E-state index is 4.71. The van der Waals surface area contributed by atoms with Crippen molar-refractivity contribution in [3.63, 3.8) is 0 Å². The van der Waals surface area contributed by atoms with Gasteiger partial charge in [0.15, 0.2) is 0 Å². The third-order valence-corrected chi connectivity index (χ3v) is 5.32. The Morgan fingerprint density at radius 1 is 1.09 bits per heavy atom. The molecule has 2 aliphatic rings. The van der Waals surface area contributed by atoms with E-state index in [2.05, 4.69) is 46.1 Å². The number of piperazine rings is 1. The molecule has 3 aromatic rings. The predicted molar refractivity (Wildman–Crippen MR) is 91.5 cm³/mol. The van der Waals surface area contributed by atoms with Crippen LogP contribution in [0.4, 0.5) is 5.82 Å². The Bertz CT molecular complexity index is 851. The molecule has 0 radical (unpaired) electrons. The van der Waals surface area contributed by atoms with Gasteiger partial charge in [-0.25, -0.2) is 4.98 Å². The molecular formula is C18H19N5. The number of likely N-dealkylation sites (tertiary alicyclic amines) is 1. The lowest BCUT2D eigenvalue weighted by Gasteiger charge is -2.32. The minimum atomic E-state index is 0.596. The molecule has 0 aliphatic carbocycles. The highest BCUT2D eigenvalue weighted by Crippen LogP contribution is 2.33. The number of H-pyrrole nitrogens is 1. The fourth-order valence-corrected chi connectivity index (χ4v) is 4.06. The summed E-state index contributed by atoms with van der Waals surface area (Å²) in [4.78, 5) is 17.5. The van der Waals surface area contributed by atoms with Crippen molar-refractivity contribution in [2.24, 2.45) is 0 Å². The van der Waals surface area contributed by atoms with E-state index in [1.165, 1.54) is 11.8 Å². The molecule has 23 heavy (non-hydrogen) atoms. The number of hydrogen-bond donors (Lipinski definition) is 1. The summed E-state index contributed by atoms with van der Waals surface area (Å²) in [6, 6.07) is 9.60. The number of fused-ring (bicyclic) bond motifs is 3. The number of rotatable bonds is 2. The van der Waals surface area contributed by atoms with Gasteiger partial charge in [-0.05, 0) is 25.6 Å². The first-order valence-corrected chi connectivity index (χ1v) is 8.15. The molecule has 1 aromatic carbocycles. The van der Waals surface area contributed by atoms with E-state index in [0.717, 1.165) is 35.7 Å². The lowest BCUT2D eigenvalue weighted by molar-refractivity contribution is 0.292. The van der Waals surface area contributed by atoms with E-state index in [-0.39, 0.29) is 0 Å². The van der Waals surface area contributed by atoms with Gasteiger partial charge in [-0.3, -0.25) is 9.88 Å². The van der Waals surface area contributed by atoms with Crippen molar-refractivity contribution < 1.29 is 0 Å². The second-order valence-electron chi connectivity index (χ2n) is 6.64. The number of hydrogen-bond acceptors (Lipinski definition) is 4. The molecule has 5 heteroatoms.